The van der Waals surface area contributed by atoms with Gasteiger partial charge in [0.25, 0.3) is 0 Å². The molecule has 1 heteroatoms. The van der Waals surface area contributed by atoms with Gasteiger partial charge in [0.15, 0.2) is 0 Å². The molecular formula is C11H18O. The van der Waals surface area contributed by atoms with Crippen LogP contribution in [-0.4, -0.2) is 11.2 Å². The van der Waals surface area contributed by atoms with Crippen molar-refractivity contribution in [1.29, 1.82) is 0 Å². The first kappa shape index (κ1) is 9.53. The first-order valence-electron chi connectivity index (χ1n) is 4.80. The van der Waals surface area contributed by atoms with Crippen LogP contribution in [0.4, 0.5) is 0 Å². The van der Waals surface area contributed by atoms with E-state index < -0.39 is 0 Å². The van der Waals surface area contributed by atoms with Gasteiger partial charge in [0.1, 0.15) is 0 Å². The maximum atomic E-state index is 9.71. The summed E-state index contributed by atoms with van der Waals surface area (Å²) in [6, 6.07) is 0. The van der Waals surface area contributed by atoms with Crippen LogP contribution in [0.15, 0.2) is 24.8 Å². The van der Waals surface area contributed by atoms with E-state index in [9.17, 15) is 5.11 Å². The van der Waals surface area contributed by atoms with Gasteiger partial charge in [-0.2, -0.15) is 0 Å². The van der Waals surface area contributed by atoms with E-state index in [0.29, 0.717) is 5.92 Å². The van der Waals surface area contributed by atoms with Crippen molar-refractivity contribution in [3.63, 3.8) is 0 Å². The first-order chi connectivity index (χ1) is 5.84. The van der Waals surface area contributed by atoms with E-state index >= 15 is 0 Å². The fourth-order valence-electron chi connectivity index (χ4n) is 1.66. The molecule has 0 saturated carbocycles. The highest BCUT2D eigenvalue weighted by molar-refractivity contribution is 4.96. The van der Waals surface area contributed by atoms with Gasteiger partial charge in [-0.25, -0.2) is 0 Å². The van der Waals surface area contributed by atoms with Crippen LogP contribution in [0.2, 0.25) is 0 Å². The predicted octanol–water partition coefficient (Wildman–Crippen LogP) is 2.67. The van der Waals surface area contributed by atoms with Crippen LogP contribution in [0.25, 0.3) is 0 Å². The molecule has 1 aliphatic carbocycles. The Hall–Kier alpha value is -0.560. The zero-order chi connectivity index (χ0) is 8.81. The Morgan fingerprint density at radius 2 is 2.33 bits per heavy atom. The van der Waals surface area contributed by atoms with Crippen molar-refractivity contribution in [3.8, 4) is 0 Å². The molecule has 0 aromatic rings. The summed E-state index contributed by atoms with van der Waals surface area (Å²) in [6.07, 6.45) is 11.5. The number of hydrogen-bond acceptors (Lipinski definition) is 1. The zero-order valence-electron chi connectivity index (χ0n) is 7.58. The van der Waals surface area contributed by atoms with Crippen molar-refractivity contribution in [2.75, 3.05) is 0 Å². The molecule has 1 rings (SSSR count). The van der Waals surface area contributed by atoms with Crippen molar-refractivity contribution >= 4 is 0 Å². The molecule has 0 spiro atoms. The Morgan fingerprint density at radius 1 is 1.50 bits per heavy atom. The molecule has 0 aromatic heterocycles. The van der Waals surface area contributed by atoms with E-state index in [0.717, 1.165) is 19.3 Å². The monoisotopic (exact) mass is 166 g/mol. The molecule has 68 valence electrons. The van der Waals surface area contributed by atoms with Gasteiger partial charge in [0.05, 0.1) is 6.10 Å². The van der Waals surface area contributed by atoms with Gasteiger partial charge in [-0.15, -0.1) is 6.58 Å². The molecule has 0 saturated heterocycles. The summed E-state index contributed by atoms with van der Waals surface area (Å²) in [5.41, 5.74) is 0. The molecule has 1 aliphatic rings. The Labute approximate surface area is 74.8 Å². The number of aliphatic hydroxyl groups excluding tert-OH is 1. The zero-order valence-corrected chi connectivity index (χ0v) is 7.58. The molecule has 1 N–H and O–H groups in total. The Morgan fingerprint density at radius 3 is 3.08 bits per heavy atom. The molecule has 2 atom stereocenters. The van der Waals surface area contributed by atoms with E-state index in [1.807, 2.05) is 6.08 Å². The van der Waals surface area contributed by atoms with Crippen molar-refractivity contribution in [1.82, 2.24) is 0 Å². The summed E-state index contributed by atoms with van der Waals surface area (Å²) < 4.78 is 0. The van der Waals surface area contributed by atoms with Gasteiger partial charge in [0.2, 0.25) is 0 Å². The van der Waals surface area contributed by atoms with Crippen LogP contribution in [0.3, 0.4) is 0 Å². The predicted molar refractivity (Wildman–Crippen MR) is 51.9 cm³/mol. The van der Waals surface area contributed by atoms with Crippen molar-refractivity contribution in [3.05, 3.63) is 24.8 Å². The van der Waals surface area contributed by atoms with Gasteiger partial charge in [-0.3, -0.25) is 0 Å². The highest BCUT2D eigenvalue weighted by Crippen LogP contribution is 2.20. The lowest BCUT2D eigenvalue weighted by atomic mass is 9.91. The molecule has 0 amide bonds. The average molecular weight is 166 g/mol. The van der Waals surface area contributed by atoms with Gasteiger partial charge in [-0.1, -0.05) is 24.6 Å². The highest BCUT2D eigenvalue weighted by atomic mass is 16.3. The fraction of sp³-hybridized carbons (Fsp3) is 0.636. The number of hydrogen-bond donors (Lipinski definition) is 1. The minimum atomic E-state index is -0.153. The van der Waals surface area contributed by atoms with Crippen LogP contribution in [0.1, 0.15) is 32.1 Å². The Kier molecular flexibility index (Phi) is 4.09. The summed E-state index contributed by atoms with van der Waals surface area (Å²) in [4.78, 5) is 0. The summed E-state index contributed by atoms with van der Waals surface area (Å²) in [6.45, 7) is 3.70. The molecule has 0 heterocycles. The maximum absolute atomic E-state index is 9.71. The van der Waals surface area contributed by atoms with E-state index in [4.69, 9.17) is 0 Å². The summed E-state index contributed by atoms with van der Waals surface area (Å²) >= 11 is 0. The summed E-state index contributed by atoms with van der Waals surface area (Å²) in [7, 11) is 0. The van der Waals surface area contributed by atoms with Crippen molar-refractivity contribution in [2.24, 2.45) is 5.92 Å². The quantitative estimate of drug-likeness (QED) is 0.625. The lowest BCUT2D eigenvalue weighted by molar-refractivity contribution is 0.117. The van der Waals surface area contributed by atoms with E-state index in [-0.39, 0.29) is 6.10 Å². The molecular weight excluding hydrogens is 148 g/mol. The standard InChI is InChI=1S/C11H18O/c1-2-7-10-8-5-3-4-6-9-11(10)12/h2,5,8,10-12H,1,3-4,6-7,9H2/b8-5-. The second-order valence-electron chi connectivity index (χ2n) is 3.47. The van der Waals surface area contributed by atoms with Crippen LogP contribution < -0.4 is 0 Å². The Balaban J connectivity index is 2.51. The highest BCUT2D eigenvalue weighted by Gasteiger charge is 2.15. The van der Waals surface area contributed by atoms with Gasteiger partial charge in [0, 0.05) is 5.92 Å². The molecule has 0 aliphatic heterocycles. The third kappa shape index (κ3) is 2.82. The van der Waals surface area contributed by atoms with E-state index in [1.54, 1.807) is 0 Å². The van der Waals surface area contributed by atoms with Gasteiger partial charge in [-0.05, 0) is 25.7 Å². The Bertz CT molecular complexity index is 160. The third-order valence-electron chi connectivity index (χ3n) is 2.44. The lowest BCUT2D eigenvalue weighted by Crippen LogP contribution is -2.18. The molecule has 1 nitrogen and oxygen atoms in total. The largest absolute Gasteiger partial charge is 0.393 e. The SMILES string of the molecule is C=CCC1/C=C\CCCCC1O. The molecule has 0 aromatic carbocycles. The molecule has 2 unspecified atom stereocenters. The van der Waals surface area contributed by atoms with Crippen LogP contribution in [0.5, 0.6) is 0 Å². The molecule has 0 fully saturated rings. The first-order valence-corrected chi connectivity index (χ1v) is 4.80. The number of allylic oxidation sites excluding steroid dienone is 2. The third-order valence-corrected chi connectivity index (χ3v) is 2.44. The van der Waals surface area contributed by atoms with Crippen LogP contribution >= 0.6 is 0 Å². The van der Waals surface area contributed by atoms with Gasteiger partial charge >= 0.3 is 0 Å². The van der Waals surface area contributed by atoms with Gasteiger partial charge < -0.3 is 5.11 Å². The van der Waals surface area contributed by atoms with E-state index in [2.05, 4.69) is 18.7 Å². The fourth-order valence-corrected chi connectivity index (χ4v) is 1.66. The number of rotatable bonds is 2. The minimum absolute atomic E-state index is 0.153. The maximum Gasteiger partial charge on any atom is 0.0605 e. The van der Waals surface area contributed by atoms with Crippen LogP contribution in [0, 0.1) is 5.92 Å². The normalized spacial score (nSPS) is 33.4. The van der Waals surface area contributed by atoms with Crippen molar-refractivity contribution in [2.45, 2.75) is 38.2 Å². The van der Waals surface area contributed by atoms with Crippen LogP contribution in [-0.2, 0) is 0 Å². The van der Waals surface area contributed by atoms with Crippen molar-refractivity contribution < 1.29 is 5.11 Å². The second-order valence-corrected chi connectivity index (χ2v) is 3.47. The molecule has 12 heavy (non-hydrogen) atoms. The lowest BCUT2D eigenvalue weighted by Gasteiger charge is -2.20. The second kappa shape index (κ2) is 5.15. The average Bonchev–Trinajstić information content (AvgIpc) is 2.05. The minimum Gasteiger partial charge on any atom is -0.393 e. The summed E-state index contributed by atoms with van der Waals surface area (Å²) in [5.74, 6) is 0.308. The topological polar surface area (TPSA) is 20.2 Å². The molecule has 0 radical (unpaired) electrons. The summed E-state index contributed by atoms with van der Waals surface area (Å²) in [5, 5.41) is 9.71. The smallest absolute Gasteiger partial charge is 0.0605 e. The molecule has 0 bridgehead atoms. The van der Waals surface area contributed by atoms with E-state index in [1.165, 1.54) is 12.8 Å². The number of aliphatic hydroxyl groups is 1.